The van der Waals surface area contributed by atoms with E-state index in [0.29, 0.717) is 6.54 Å². The number of amides is 1. The van der Waals surface area contributed by atoms with Crippen LogP contribution < -0.4 is 16.0 Å². The molecule has 2 aromatic heterocycles. The first-order valence-corrected chi connectivity index (χ1v) is 14.8. The summed E-state index contributed by atoms with van der Waals surface area (Å²) in [4.78, 5) is 19.2. The van der Waals surface area contributed by atoms with Crippen molar-refractivity contribution >= 4 is 38.9 Å². The highest BCUT2D eigenvalue weighted by Crippen LogP contribution is 2.28. The second-order valence-electron chi connectivity index (χ2n) is 11.0. The molecule has 1 aliphatic rings. The average molecular weight is 557 g/mol. The Balaban J connectivity index is 1.52. The average Bonchev–Trinajstić information content (AvgIpc) is 3.30. The number of hydrogen-bond donors (Lipinski definition) is 3. The number of rotatable bonds is 10. The molecule has 0 spiro atoms. The van der Waals surface area contributed by atoms with E-state index in [1.54, 1.807) is 28.8 Å². The minimum absolute atomic E-state index is 0.0635. The molecule has 0 radical (unpaired) electrons. The lowest BCUT2D eigenvalue weighted by molar-refractivity contribution is -0.122. The highest BCUT2D eigenvalue weighted by molar-refractivity contribution is 7.89. The minimum Gasteiger partial charge on any atom is -0.367 e. The molecule has 11 nitrogen and oxygen atoms in total. The number of nitrogens with one attached hydrogen (secondary N) is 3. The fourth-order valence-electron chi connectivity index (χ4n) is 4.77. The summed E-state index contributed by atoms with van der Waals surface area (Å²) in [5.74, 6) is 1.78. The Hall–Kier alpha value is -3.22. The van der Waals surface area contributed by atoms with Crippen LogP contribution in [-0.2, 0) is 14.8 Å². The van der Waals surface area contributed by atoms with Crippen LogP contribution in [-0.4, -0.2) is 84.9 Å². The molecule has 1 saturated carbocycles. The van der Waals surface area contributed by atoms with Crippen molar-refractivity contribution in [1.82, 2.24) is 29.1 Å². The topological polar surface area (TPSA) is 124 Å². The fourth-order valence-corrected chi connectivity index (χ4v) is 5.67. The number of carbonyl (C=O) groups excluding carboxylic acids is 1. The van der Waals surface area contributed by atoms with Crippen molar-refractivity contribution in [1.29, 1.82) is 0 Å². The first-order chi connectivity index (χ1) is 18.4. The summed E-state index contributed by atoms with van der Waals surface area (Å²) in [5, 5.41) is 14.7. The lowest BCUT2D eigenvalue weighted by Crippen LogP contribution is -2.43. The molecule has 0 atom stereocenters. The van der Waals surface area contributed by atoms with E-state index < -0.39 is 10.0 Å². The van der Waals surface area contributed by atoms with Crippen molar-refractivity contribution in [3.8, 4) is 0 Å². The molecule has 4 rings (SSSR count). The monoisotopic (exact) mass is 556 g/mol. The fraction of sp³-hybridized carbons (Fsp3) is 0.519. The number of hydrogen-bond acceptors (Lipinski definition) is 8. The summed E-state index contributed by atoms with van der Waals surface area (Å²) < 4.78 is 27.9. The predicted octanol–water partition coefficient (Wildman–Crippen LogP) is 3.25. The molecule has 0 saturated heterocycles. The van der Waals surface area contributed by atoms with Gasteiger partial charge in [0, 0.05) is 43.5 Å². The number of aromatic nitrogens is 3. The van der Waals surface area contributed by atoms with Gasteiger partial charge in [-0.15, -0.1) is 0 Å². The van der Waals surface area contributed by atoms with Crippen LogP contribution in [0.5, 0.6) is 0 Å². The number of fused-ring (bicyclic) bond motifs is 1. The van der Waals surface area contributed by atoms with E-state index in [1.165, 1.54) is 18.4 Å². The summed E-state index contributed by atoms with van der Waals surface area (Å²) in [6, 6.07) is 9.05. The lowest BCUT2D eigenvalue weighted by Gasteiger charge is -2.30. The van der Waals surface area contributed by atoms with E-state index in [1.807, 2.05) is 31.3 Å². The van der Waals surface area contributed by atoms with Gasteiger partial charge in [-0.25, -0.2) is 17.7 Å². The van der Waals surface area contributed by atoms with Gasteiger partial charge in [0.15, 0.2) is 5.65 Å². The van der Waals surface area contributed by atoms with E-state index in [0.717, 1.165) is 54.2 Å². The Bertz CT molecular complexity index is 1390. The van der Waals surface area contributed by atoms with Crippen molar-refractivity contribution < 1.29 is 13.2 Å². The van der Waals surface area contributed by atoms with Gasteiger partial charge in [-0.2, -0.15) is 9.61 Å². The number of sulfonamides is 1. The Morgan fingerprint density at radius 1 is 1.05 bits per heavy atom. The van der Waals surface area contributed by atoms with Crippen molar-refractivity contribution in [2.45, 2.75) is 62.4 Å². The van der Waals surface area contributed by atoms with Gasteiger partial charge >= 0.3 is 0 Å². The highest BCUT2D eigenvalue weighted by atomic mass is 32.2. The van der Waals surface area contributed by atoms with Gasteiger partial charge in [-0.05, 0) is 70.0 Å². The molecule has 1 fully saturated rings. The maximum Gasteiger partial charge on any atom is 0.242 e. The smallest absolute Gasteiger partial charge is 0.242 e. The maximum atomic E-state index is 12.4. The third-order valence-electron chi connectivity index (χ3n) is 6.93. The molecule has 3 N–H and O–H groups in total. The lowest BCUT2D eigenvalue weighted by atomic mass is 9.91. The third kappa shape index (κ3) is 6.87. The van der Waals surface area contributed by atoms with Crippen LogP contribution in [0.3, 0.4) is 0 Å². The first kappa shape index (κ1) is 28.8. The summed E-state index contributed by atoms with van der Waals surface area (Å²) >= 11 is 0. The van der Waals surface area contributed by atoms with Gasteiger partial charge in [-0.3, -0.25) is 4.79 Å². The summed E-state index contributed by atoms with van der Waals surface area (Å²) in [7, 11) is 3.31. The second-order valence-corrected chi connectivity index (χ2v) is 13.1. The predicted molar refractivity (Wildman–Crippen MR) is 154 cm³/mol. The Kier molecular flexibility index (Phi) is 8.77. The van der Waals surface area contributed by atoms with E-state index in [9.17, 15) is 13.2 Å². The molecule has 212 valence electrons. The standard InChI is InChI=1S/C27H40N8O3S/c1-18(2)23-16-28-35-25(30-20-11-13-22(14-12-20)39(37,38)34(5)6)15-24(32-27(23)35)29-19-7-9-21(10-8-19)31-26(36)17-33(3)4/h11-16,18-19,21,30H,7-10,17H2,1-6H3,(H,29,32)(H,31,36)/t19-,21-. The number of benzene rings is 1. The third-order valence-corrected chi connectivity index (χ3v) is 8.76. The number of anilines is 3. The van der Waals surface area contributed by atoms with Gasteiger partial charge < -0.3 is 20.9 Å². The highest BCUT2D eigenvalue weighted by Gasteiger charge is 2.24. The quantitative estimate of drug-likeness (QED) is 0.348. The molecule has 0 unspecified atom stereocenters. The maximum absolute atomic E-state index is 12.4. The van der Waals surface area contributed by atoms with E-state index in [2.05, 4.69) is 34.9 Å². The second kappa shape index (κ2) is 11.9. The molecule has 0 aliphatic heterocycles. The minimum atomic E-state index is -3.50. The van der Waals surface area contributed by atoms with Crippen molar-refractivity contribution in [3.63, 3.8) is 0 Å². The molecule has 1 aromatic carbocycles. The van der Waals surface area contributed by atoms with Crippen LogP contribution in [0.2, 0.25) is 0 Å². The van der Waals surface area contributed by atoms with Crippen molar-refractivity contribution in [2.24, 2.45) is 0 Å². The van der Waals surface area contributed by atoms with E-state index >= 15 is 0 Å². The SMILES string of the molecule is CC(C)c1cnn2c(Nc3ccc(S(=O)(=O)N(C)C)cc3)cc(N[C@H]3CC[C@H](NC(=O)CN(C)C)CC3)nc12. The number of likely N-dealkylation sites (N-methyl/N-ethyl adjacent to an activating group) is 1. The zero-order chi connectivity index (χ0) is 28.3. The molecule has 3 aromatic rings. The number of nitrogens with zero attached hydrogens (tertiary/aromatic N) is 5. The van der Waals surface area contributed by atoms with E-state index in [-0.39, 0.29) is 28.8 Å². The Morgan fingerprint density at radius 3 is 2.28 bits per heavy atom. The van der Waals surface area contributed by atoms with Gasteiger partial charge in [0.05, 0.1) is 17.6 Å². The van der Waals surface area contributed by atoms with Crippen LogP contribution >= 0.6 is 0 Å². The molecule has 39 heavy (non-hydrogen) atoms. The molecule has 12 heteroatoms. The van der Waals surface area contributed by atoms with Crippen LogP contribution in [0.4, 0.5) is 17.3 Å². The molecule has 0 bridgehead atoms. The normalized spacial score (nSPS) is 18.2. The first-order valence-electron chi connectivity index (χ1n) is 13.3. The zero-order valence-corrected chi connectivity index (χ0v) is 24.4. The van der Waals surface area contributed by atoms with Gasteiger partial charge in [0.25, 0.3) is 0 Å². The van der Waals surface area contributed by atoms with E-state index in [4.69, 9.17) is 4.98 Å². The Morgan fingerprint density at radius 2 is 1.69 bits per heavy atom. The molecule has 1 amide bonds. The van der Waals surface area contributed by atoms with Crippen molar-refractivity contribution in [2.75, 3.05) is 45.4 Å². The largest absolute Gasteiger partial charge is 0.367 e. The van der Waals surface area contributed by atoms with Crippen LogP contribution in [0.25, 0.3) is 5.65 Å². The number of carbonyl (C=O) groups is 1. The Labute approximate surface area is 231 Å². The van der Waals surface area contributed by atoms with Crippen LogP contribution in [0.15, 0.2) is 41.4 Å². The zero-order valence-electron chi connectivity index (χ0n) is 23.6. The van der Waals surface area contributed by atoms with Crippen LogP contribution in [0, 0.1) is 0 Å². The van der Waals surface area contributed by atoms with Gasteiger partial charge in [-0.1, -0.05) is 13.8 Å². The molecular weight excluding hydrogens is 516 g/mol. The molecule has 2 heterocycles. The molecule has 1 aliphatic carbocycles. The van der Waals surface area contributed by atoms with Crippen molar-refractivity contribution in [3.05, 3.63) is 42.1 Å². The van der Waals surface area contributed by atoms with Gasteiger partial charge in [0.1, 0.15) is 11.6 Å². The summed E-state index contributed by atoms with van der Waals surface area (Å²) in [5.41, 5.74) is 2.55. The summed E-state index contributed by atoms with van der Waals surface area (Å²) in [6.45, 7) is 4.62. The summed E-state index contributed by atoms with van der Waals surface area (Å²) in [6.07, 6.45) is 5.53. The molecular formula is C27H40N8O3S. The van der Waals surface area contributed by atoms with Crippen LogP contribution in [0.1, 0.15) is 51.0 Å². The van der Waals surface area contributed by atoms with Gasteiger partial charge in [0.2, 0.25) is 15.9 Å².